The topological polar surface area (TPSA) is 48.3 Å². The fourth-order valence-corrected chi connectivity index (χ4v) is 3.00. The lowest BCUT2D eigenvalue weighted by atomic mass is 10.1. The van der Waals surface area contributed by atoms with Gasteiger partial charge in [0.25, 0.3) is 5.56 Å². The Morgan fingerprint density at radius 1 is 1.05 bits per heavy atom. The zero-order valence-electron chi connectivity index (χ0n) is 11.9. The molecule has 0 fully saturated rings. The van der Waals surface area contributed by atoms with Crippen molar-refractivity contribution in [2.24, 2.45) is 0 Å². The van der Waals surface area contributed by atoms with E-state index in [4.69, 9.17) is 4.74 Å². The zero-order valence-corrected chi connectivity index (χ0v) is 12.7. The number of benzene rings is 2. The summed E-state index contributed by atoms with van der Waals surface area (Å²) < 4.78 is 6.59. The summed E-state index contributed by atoms with van der Waals surface area (Å²) in [5.74, 6) is 0.573. The van der Waals surface area contributed by atoms with E-state index in [1.54, 1.807) is 55.6 Å². The quantitative estimate of drug-likeness (QED) is 0.696. The predicted octanol–water partition coefficient (Wildman–Crippen LogP) is 3.14. The van der Waals surface area contributed by atoms with Crippen molar-refractivity contribution in [3.05, 3.63) is 81.5 Å². The van der Waals surface area contributed by atoms with Crippen LogP contribution in [0.3, 0.4) is 0 Å². The maximum atomic E-state index is 12.4. The van der Waals surface area contributed by atoms with Crippen LogP contribution in [0.5, 0.6) is 5.75 Å². The molecule has 0 aliphatic heterocycles. The molecule has 1 heterocycles. The second-order valence-electron chi connectivity index (χ2n) is 4.63. The molecule has 3 aromatic rings. The van der Waals surface area contributed by atoms with Crippen molar-refractivity contribution < 1.29 is 9.53 Å². The normalized spacial score (nSPS) is 10.4. The van der Waals surface area contributed by atoms with Gasteiger partial charge in [0.15, 0.2) is 0 Å². The van der Waals surface area contributed by atoms with Gasteiger partial charge in [-0.3, -0.25) is 9.59 Å². The lowest BCUT2D eigenvalue weighted by Crippen LogP contribution is -2.09. The summed E-state index contributed by atoms with van der Waals surface area (Å²) in [5.41, 5.74) is 1.07. The van der Waals surface area contributed by atoms with E-state index in [9.17, 15) is 9.59 Å². The lowest BCUT2D eigenvalue weighted by molar-refractivity contribution is 0.104. The molecule has 0 radical (unpaired) electrons. The van der Waals surface area contributed by atoms with Gasteiger partial charge < -0.3 is 4.74 Å². The van der Waals surface area contributed by atoms with E-state index in [-0.39, 0.29) is 11.3 Å². The van der Waals surface area contributed by atoms with Crippen LogP contribution < -0.4 is 10.3 Å². The van der Waals surface area contributed by atoms with Crippen molar-refractivity contribution in [3.8, 4) is 11.4 Å². The summed E-state index contributed by atoms with van der Waals surface area (Å²) >= 11 is 1.14. The Kier molecular flexibility index (Phi) is 3.89. The Labute approximate surface area is 131 Å². The smallest absolute Gasteiger partial charge is 0.266 e. The highest BCUT2D eigenvalue weighted by atomic mass is 32.1. The molecule has 0 bridgehead atoms. The highest BCUT2D eigenvalue weighted by Gasteiger charge is 2.14. The Bertz CT molecular complexity index is 848. The van der Waals surface area contributed by atoms with Gasteiger partial charge in [0.1, 0.15) is 5.75 Å². The van der Waals surface area contributed by atoms with Crippen molar-refractivity contribution in [1.82, 2.24) is 3.96 Å². The van der Waals surface area contributed by atoms with E-state index in [0.29, 0.717) is 21.9 Å². The molecule has 2 aromatic carbocycles. The molecule has 0 atom stereocenters. The molecule has 5 heteroatoms. The first-order valence-electron chi connectivity index (χ1n) is 6.66. The van der Waals surface area contributed by atoms with E-state index < -0.39 is 0 Å². The maximum absolute atomic E-state index is 12.4. The van der Waals surface area contributed by atoms with Crippen LogP contribution in [0, 0.1) is 0 Å². The third-order valence-electron chi connectivity index (χ3n) is 3.21. The summed E-state index contributed by atoms with van der Waals surface area (Å²) in [6, 6.07) is 17.4. The molecule has 3 rings (SSSR count). The van der Waals surface area contributed by atoms with Crippen LogP contribution >= 0.6 is 11.5 Å². The van der Waals surface area contributed by atoms with Gasteiger partial charge in [-0.15, -0.1) is 0 Å². The highest BCUT2D eigenvalue weighted by molar-refractivity contribution is 7.09. The average Bonchev–Trinajstić information content (AvgIpc) is 2.97. The fourth-order valence-electron chi connectivity index (χ4n) is 2.08. The number of hydrogen-bond acceptors (Lipinski definition) is 4. The van der Waals surface area contributed by atoms with Crippen LogP contribution in [0.2, 0.25) is 0 Å². The van der Waals surface area contributed by atoms with Gasteiger partial charge in [-0.05, 0) is 35.8 Å². The minimum Gasteiger partial charge on any atom is -0.497 e. The van der Waals surface area contributed by atoms with Crippen LogP contribution in [0.4, 0.5) is 0 Å². The summed E-state index contributed by atoms with van der Waals surface area (Å²) in [5, 5.41) is 0. The first-order valence-corrected chi connectivity index (χ1v) is 7.44. The number of carbonyl (C=O) groups is 1. The molecule has 4 nitrogen and oxygen atoms in total. The van der Waals surface area contributed by atoms with Gasteiger partial charge in [0, 0.05) is 11.6 Å². The van der Waals surface area contributed by atoms with Crippen LogP contribution in [-0.4, -0.2) is 16.8 Å². The van der Waals surface area contributed by atoms with E-state index in [0.717, 1.165) is 11.5 Å². The minimum absolute atomic E-state index is 0.144. The molecule has 0 saturated heterocycles. The summed E-state index contributed by atoms with van der Waals surface area (Å²) in [4.78, 5) is 24.9. The third kappa shape index (κ3) is 2.71. The van der Waals surface area contributed by atoms with Crippen molar-refractivity contribution in [3.63, 3.8) is 0 Å². The monoisotopic (exact) mass is 311 g/mol. The third-order valence-corrected chi connectivity index (χ3v) is 4.28. The number of hydrogen-bond donors (Lipinski definition) is 0. The summed E-state index contributed by atoms with van der Waals surface area (Å²) in [6.07, 6.45) is 0. The number of carbonyl (C=O) groups excluding carboxylic acids is 1. The van der Waals surface area contributed by atoms with Crippen LogP contribution in [-0.2, 0) is 0 Å². The molecule has 0 aliphatic carbocycles. The number of rotatable bonds is 4. The fraction of sp³-hybridized carbons (Fsp3) is 0.0588. The molecule has 110 valence electrons. The SMILES string of the molecule is COc1ccc(-n2sc(C(=O)c3ccccc3)cc2=O)cc1. The highest BCUT2D eigenvalue weighted by Crippen LogP contribution is 2.19. The van der Waals surface area contributed by atoms with E-state index in [1.165, 1.54) is 10.0 Å². The van der Waals surface area contributed by atoms with Gasteiger partial charge in [0.2, 0.25) is 5.78 Å². The van der Waals surface area contributed by atoms with E-state index >= 15 is 0 Å². The molecule has 0 spiro atoms. The number of ketones is 1. The molecule has 0 N–H and O–H groups in total. The number of methoxy groups -OCH3 is 1. The van der Waals surface area contributed by atoms with Crippen molar-refractivity contribution >= 4 is 17.3 Å². The standard InChI is InChI=1S/C17H13NO3S/c1-21-14-9-7-13(8-10-14)18-16(19)11-15(22-18)17(20)12-5-3-2-4-6-12/h2-11H,1H3. The Hall–Kier alpha value is -2.66. The lowest BCUT2D eigenvalue weighted by Gasteiger charge is -2.02. The first-order chi connectivity index (χ1) is 10.7. The van der Waals surface area contributed by atoms with Gasteiger partial charge in [0.05, 0.1) is 17.7 Å². The largest absolute Gasteiger partial charge is 0.497 e. The van der Waals surface area contributed by atoms with Crippen molar-refractivity contribution in [1.29, 1.82) is 0 Å². The zero-order chi connectivity index (χ0) is 15.5. The summed E-state index contributed by atoms with van der Waals surface area (Å²) in [7, 11) is 1.59. The van der Waals surface area contributed by atoms with E-state index in [2.05, 4.69) is 0 Å². The molecular weight excluding hydrogens is 298 g/mol. The van der Waals surface area contributed by atoms with Gasteiger partial charge in [-0.2, -0.15) is 0 Å². The molecular formula is C17H13NO3S. The molecule has 22 heavy (non-hydrogen) atoms. The van der Waals surface area contributed by atoms with Crippen LogP contribution in [0.1, 0.15) is 15.2 Å². The minimum atomic E-state index is -0.213. The van der Waals surface area contributed by atoms with E-state index in [1.807, 2.05) is 6.07 Å². The van der Waals surface area contributed by atoms with Crippen molar-refractivity contribution in [2.75, 3.05) is 7.11 Å². The Morgan fingerprint density at radius 2 is 1.73 bits per heavy atom. The van der Waals surface area contributed by atoms with Gasteiger partial charge in [-0.25, -0.2) is 3.96 Å². The molecule has 1 aromatic heterocycles. The number of aromatic nitrogens is 1. The Morgan fingerprint density at radius 3 is 2.36 bits per heavy atom. The number of ether oxygens (including phenoxy) is 1. The van der Waals surface area contributed by atoms with Crippen LogP contribution in [0.25, 0.3) is 5.69 Å². The van der Waals surface area contributed by atoms with Crippen molar-refractivity contribution in [2.45, 2.75) is 0 Å². The Balaban J connectivity index is 1.97. The molecule has 0 aliphatic rings. The first kappa shape index (κ1) is 14.3. The van der Waals surface area contributed by atoms with Gasteiger partial charge in [-0.1, -0.05) is 30.3 Å². The van der Waals surface area contributed by atoms with Gasteiger partial charge >= 0.3 is 0 Å². The summed E-state index contributed by atoms with van der Waals surface area (Å²) in [6.45, 7) is 0. The molecule has 0 amide bonds. The maximum Gasteiger partial charge on any atom is 0.266 e. The second-order valence-corrected chi connectivity index (χ2v) is 5.61. The molecule has 0 saturated carbocycles. The predicted molar refractivity (Wildman–Crippen MR) is 86.3 cm³/mol. The second kappa shape index (κ2) is 5.99. The number of nitrogens with zero attached hydrogens (tertiary/aromatic N) is 1. The molecule has 0 unspecified atom stereocenters. The average molecular weight is 311 g/mol. The van der Waals surface area contributed by atoms with Crippen LogP contribution in [0.15, 0.2) is 65.5 Å².